The lowest BCUT2D eigenvalue weighted by Gasteiger charge is -2.09. The van der Waals surface area contributed by atoms with Gasteiger partial charge in [-0.3, -0.25) is 9.59 Å². The normalized spacial score (nSPS) is 9.76. The second kappa shape index (κ2) is 6.68. The molecule has 0 amide bonds. The lowest BCUT2D eigenvalue weighted by atomic mass is 10.2. The van der Waals surface area contributed by atoms with Crippen molar-refractivity contribution in [2.24, 2.45) is 0 Å². The van der Waals surface area contributed by atoms with Gasteiger partial charge >= 0.3 is 5.97 Å². The Balaban J connectivity index is 2.76. The van der Waals surface area contributed by atoms with Gasteiger partial charge in [0.2, 0.25) is 0 Å². The fourth-order valence-corrected chi connectivity index (χ4v) is 1.28. The Kier molecular flexibility index (Phi) is 5.20. The molecule has 0 bridgehead atoms. The standard InChI is InChI=1S/C13H15O4/c1-3-4-5-13(15)17-11-7-6-10(9-14)8-12(11)16-2/h6-9H,1,3-5H2,2H3. The first-order valence-electron chi connectivity index (χ1n) is 5.34. The van der Waals surface area contributed by atoms with Gasteiger partial charge in [0.15, 0.2) is 11.5 Å². The van der Waals surface area contributed by atoms with Gasteiger partial charge < -0.3 is 9.47 Å². The van der Waals surface area contributed by atoms with Crippen molar-refractivity contribution < 1.29 is 19.1 Å². The van der Waals surface area contributed by atoms with E-state index in [0.29, 0.717) is 42.6 Å². The van der Waals surface area contributed by atoms with E-state index >= 15 is 0 Å². The van der Waals surface area contributed by atoms with Crippen LogP contribution in [0, 0.1) is 6.92 Å². The minimum atomic E-state index is -0.328. The summed E-state index contributed by atoms with van der Waals surface area (Å²) in [7, 11) is 1.46. The van der Waals surface area contributed by atoms with E-state index < -0.39 is 0 Å². The number of hydrogen-bond donors (Lipinski definition) is 0. The minimum Gasteiger partial charge on any atom is -0.493 e. The molecule has 0 heterocycles. The zero-order valence-electron chi connectivity index (χ0n) is 9.77. The Labute approximate surface area is 101 Å². The Bertz CT molecular complexity index is 398. The fraction of sp³-hybridized carbons (Fsp3) is 0.308. The highest BCUT2D eigenvalue weighted by Gasteiger charge is 2.10. The fourth-order valence-electron chi connectivity index (χ4n) is 1.28. The Hall–Kier alpha value is -1.84. The molecular formula is C13H15O4. The van der Waals surface area contributed by atoms with Crippen molar-refractivity contribution in [3.05, 3.63) is 30.7 Å². The summed E-state index contributed by atoms with van der Waals surface area (Å²) in [6.07, 6.45) is 2.41. The maximum absolute atomic E-state index is 11.4. The summed E-state index contributed by atoms with van der Waals surface area (Å²) in [6.45, 7) is 3.65. The number of ether oxygens (including phenoxy) is 2. The molecule has 0 unspecified atom stereocenters. The molecule has 1 aromatic rings. The van der Waals surface area contributed by atoms with Gasteiger partial charge in [0, 0.05) is 12.0 Å². The number of esters is 1. The highest BCUT2D eigenvalue weighted by molar-refractivity contribution is 5.78. The average molecular weight is 235 g/mol. The van der Waals surface area contributed by atoms with E-state index in [9.17, 15) is 9.59 Å². The highest BCUT2D eigenvalue weighted by Crippen LogP contribution is 2.27. The van der Waals surface area contributed by atoms with Crippen LogP contribution < -0.4 is 9.47 Å². The van der Waals surface area contributed by atoms with Crippen molar-refractivity contribution in [1.82, 2.24) is 0 Å². The predicted octanol–water partition coefficient (Wildman–Crippen LogP) is 2.42. The van der Waals surface area contributed by atoms with Crippen LogP contribution in [-0.2, 0) is 4.79 Å². The van der Waals surface area contributed by atoms with Crippen molar-refractivity contribution in [1.29, 1.82) is 0 Å². The van der Waals surface area contributed by atoms with Gasteiger partial charge in [-0.05, 0) is 24.6 Å². The first-order valence-corrected chi connectivity index (χ1v) is 5.34. The molecule has 1 aromatic carbocycles. The van der Waals surface area contributed by atoms with Crippen molar-refractivity contribution in [3.63, 3.8) is 0 Å². The zero-order valence-corrected chi connectivity index (χ0v) is 9.77. The summed E-state index contributed by atoms with van der Waals surface area (Å²) in [5.74, 6) is 0.371. The summed E-state index contributed by atoms with van der Waals surface area (Å²) >= 11 is 0. The number of methoxy groups -OCH3 is 1. The lowest BCUT2D eigenvalue weighted by molar-refractivity contribution is -0.134. The number of hydrogen-bond acceptors (Lipinski definition) is 4. The third-order valence-electron chi connectivity index (χ3n) is 2.18. The third kappa shape index (κ3) is 3.90. The predicted molar refractivity (Wildman–Crippen MR) is 63.2 cm³/mol. The molecule has 0 fully saturated rings. The summed E-state index contributed by atoms with van der Waals surface area (Å²) in [5, 5.41) is 0. The van der Waals surface area contributed by atoms with E-state index in [1.165, 1.54) is 13.2 Å². The monoisotopic (exact) mass is 235 g/mol. The van der Waals surface area contributed by atoms with Gasteiger partial charge in [-0.2, -0.15) is 0 Å². The molecule has 0 spiro atoms. The smallest absolute Gasteiger partial charge is 0.311 e. The van der Waals surface area contributed by atoms with Crippen LogP contribution in [0.15, 0.2) is 18.2 Å². The molecule has 0 aliphatic rings. The highest BCUT2D eigenvalue weighted by atomic mass is 16.6. The van der Waals surface area contributed by atoms with Crippen molar-refractivity contribution in [2.75, 3.05) is 7.11 Å². The lowest BCUT2D eigenvalue weighted by Crippen LogP contribution is -2.08. The zero-order chi connectivity index (χ0) is 12.7. The number of unbranched alkanes of at least 4 members (excludes halogenated alkanes) is 1. The SMILES string of the molecule is [CH2]CCCC(=O)Oc1ccc(C=O)cc1OC. The number of aldehydes is 1. The van der Waals surface area contributed by atoms with Gasteiger partial charge in [-0.1, -0.05) is 13.3 Å². The number of rotatable bonds is 6. The van der Waals surface area contributed by atoms with Crippen LogP contribution in [0.4, 0.5) is 0 Å². The molecule has 4 heteroatoms. The Morgan fingerprint density at radius 3 is 2.76 bits per heavy atom. The second-order valence-corrected chi connectivity index (χ2v) is 3.46. The van der Waals surface area contributed by atoms with Crippen LogP contribution in [0.1, 0.15) is 29.6 Å². The topological polar surface area (TPSA) is 52.6 Å². The molecule has 4 nitrogen and oxygen atoms in total. The molecule has 0 aliphatic heterocycles. The van der Waals surface area contributed by atoms with E-state index in [1.807, 2.05) is 0 Å². The van der Waals surface area contributed by atoms with Gasteiger partial charge in [0.05, 0.1) is 7.11 Å². The number of benzene rings is 1. The van der Waals surface area contributed by atoms with E-state index in [2.05, 4.69) is 6.92 Å². The molecular weight excluding hydrogens is 220 g/mol. The van der Waals surface area contributed by atoms with Crippen molar-refractivity contribution in [3.8, 4) is 11.5 Å². The number of carbonyl (C=O) groups is 2. The van der Waals surface area contributed by atoms with Crippen LogP contribution in [-0.4, -0.2) is 19.4 Å². The molecule has 0 aromatic heterocycles. The Morgan fingerprint density at radius 2 is 2.18 bits per heavy atom. The molecule has 17 heavy (non-hydrogen) atoms. The quantitative estimate of drug-likeness (QED) is 0.431. The molecule has 0 N–H and O–H groups in total. The van der Waals surface area contributed by atoms with E-state index in [1.54, 1.807) is 12.1 Å². The maximum Gasteiger partial charge on any atom is 0.311 e. The summed E-state index contributed by atoms with van der Waals surface area (Å²) in [4.78, 5) is 22.0. The van der Waals surface area contributed by atoms with Crippen LogP contribution in [0.25, 0.3) is 0 Å². The molecule has 0 saturated carbocycles. The average Bonchev–Trinajstić information content (AvgIpc) is 2.36. The van der Waals surface area contributed by atoms with E-state index in [0.717, 1.165) is 0 Å². The third-order valence-corrected chi connectivity index (χ3v) is 2.18. The molecule has 91 valence electrons. The van der Waals surface area contributed by atoms with Crippen LogP contribution in [0.5, 0.6) is 11.5 Å². The van der Waals surface area contributed by atoms with Gasteiger partial charge in [0.25, 0.3) is 0 Å². The molecule has 1 rings (SSSR count). The van der Waals surface area contributed by atoms with Crippen molar-refractivity contribution >= 4 is 12.3 Å². The first kappa shape index (κ1) is 13.2. The Morgan fingerprint density at radius 1 is 1.41 bits per heavy atom. The molecule has 0 atom stereocenters. The largest absolute Gasteiger partial charge is 0.493 e. The van der Waals surface area contributed by atoms with Crippen LogP contribution >= 0.6 is 0 Å². The molecule has 0 saturated heterocycles. The molecule has 0 aliphatic carbocycles. The van der Waals surface area contributed by atoms with Gasteiger partial charge in [0.1, 0.15) is 6.29 Å². The maximum atomic E-state index is 11.4. The summed E-state index contributed by atoms with van der Waals surface area (Å²) < 4.78 is 10.2. The number of carbonyl (C=O) groups excluding carboxylic acids is 2. The van der Waals surface area contributed by atoms with Crippen molar-refractivity contribution in [2.45, 2.75) is 19.3 Å². The second-order valence-electron chi connectivity index (χ2n) is 3.46. The van der Waals surface area contributed by atoms with Crippen LogP contribution in [0.2, 0.25) is 0 Å². The minimum absolute atomic E-state index is 0.322. The summed E-state index contributed by atoms with van der Waals surface area (Å²) in [6, 6.07) is 4.64. The van der Waals surface area contributed by atoms with Crippen LogP contribution in [0.3, 0.4) is 0 Å². The summed E-state index contributed by atoms with van der Waals surface area (Å²) in [5.41, 5.74) is 0.472. The van der Waals surface area contributed by atoms with E-state index in [-0.39, 0.29) is 5.97 Å². The first-order chi connectivity index (χ1) is 8.21. The van der Waals surface area contributed by atoms with Gasteiger partial charge in [-0.25, -0.2) is 0 Å². The van der Waals surface area contributed by atoms with E-state index in [4.69, 9.17) is 9.47 Å². The van der Waals surface area contributed by atoms with Gasteiger partial charge in [-0.15, -0.1) is 0 Å². The molecule has 1 radical (unpaired) electrons.